The van der Waals surface area contributed by atoms with E-state index in [0.717, 1.165) is 13.0 Å². The van der Waals surface area contributed by atoms with E-state index in [1.54, 1.807) is 0 Å². The fourth-order valence-corrected chi connectivity index (χ4v) is 2.45. The maximum absolute atomic E-state index is 5.45. The molecular weight excluding hydrogens is 184 g/mol. The average molecular weight is 208 g/mol. The first-order chi connectivity index (χ1) is 7.12. The van der Waals surface area contributed by atoms with E-state index >= 15 is 0 Å². The second-order valence-electron chi connectivity index (χ2n) is 4.87. The van der Waals surface area contributed by atoms with Crippen molar-refractivity contribution in [3.05, 3.63) is 0 Å². The molecule has 1 N–H and O–H groups in total. The zero-order valence-electron chi connectivity index (χ0n) is 10.3. The summed E-state index contributed by atoms with van der Waals surface area (Å²) in [6, 6.07) is 0.408. The molecule has 0 aromatic heterocycles. The van der Waals surface area contributed by atoms with E-state index in [0.29, 0.717) is 6.04 Å². The van der Waals surface area contributed by atoms with Crippen molar-refractivity contribution in [2.75, 3.05) is 19.6 Å². The Morgan fingerprint density at radius 1 is 1.40 bits per heavy atom. The molecular formula is C13H24N2. The van der Waals surface area contributed by atoms with Gasteiger partial charge in [-0.1, -0.05) is 6.92 Å². The number of nitrogens with zero attached hydrogens (tertiary/aromatic N) is 1. The van der Waals surface area contributed by atoms with Crippen LogP contribution in [0.3, 0.4) is 0 Å². The van der Waals surface area contributed by atoms with E-state index in [-0.39, 0.29) is 5.54 Å². The lowest BCUT2D eigenvalue weighted by atomic mass is 9.90. The predicted octanol–water partition coefficient (Wildman–Crippen LogP) is 1.86. The van der Waals surface area contributed by atoms with E-state index in [4.69, 9.17) is 6.42 Å². The molecule has 1 fully saturated rings. The molecule has 1 aliphatic heterocycles. The Kier molecular flexibility index (Phi) is 4.63. The highest BCUT2D eigenvalue weighted by atomic mass is 15.2. The van der Waals surface area contributed by atoms with Crippen LogP contribution in [0.1, 0.15) is 40.0 Å². The number of hydrogen-bond acceptors (Lipinski definition) is 2. The summed E-state index contributed by atoms with van der Waals surface area (Å²) in [5.74, 6) is 2.79. The van der Waals surface area contributed by atoms with Gasteiger partial charge in [-0.25, -0.2) is 0 Å². The molecule has 2 nitrogen and oxygen atoms in total. The fraction of sp³-hybridized carbons (Fsp3) is 0.846. The topological polar surface area (TPSA) is 15.3 Å². The van der Waals surface area contributed by atoms with Crippen LogP contribution in [0.5, 0.6) is 0 Å². The van der Waals surface area contributed by atoms with Gasteiger partial charge in [-0.15, -0.1) is 12.3 Å². The van der Waals surface area contributed by atoms with Crippen LogP contribution in [0.25, 0.3) is 0 Å². The molecule has 1 heterocycles. The number of terminal acetylenes is 1. The van der Waals surface area contributed by atoms with Crippen molar-refractivity contribution in [3.63, 3.8) is 0 Å². The molecule has 1 unspecified atom stereocenters. The summed E-state index contributed by atoms with van der Waals surface area (Å²) in [6.07, 6.45) is 8.93. The molecule has 1 rings (SSSR count). The van der Waals surface area contributed by atoms with Gasteiger partial charge in [0.25, 0.3) is 0 Å². The van der Waals surface area contributed by atoms with Crippen molar-refractivity contribution >= 4 is 0 Å². The third kappa shape index (κ3) is 2.96. The lowest BCUT2D eigenvalue weighted by Crippen LogP contribution is -2.56. The van der Waals surface area contributed by atoms with Crippen LogP contribution in [0.4, 0.5) is 0 Å². The summed E-state index contributed by atoms with van der Waals surface area (Å²) >= 11 is 0. The first-order valence-corrected chi connectivity index (χ1v) is 6.04. The van der Waals surface area contributed by atoms with Gasteiger partial charge >= 0.3 is 0 Å². The molecule has 0 saturated carbocycles. The summed E-state index contributed by atoms with van der Waals surface area (Å²) in [5.41, 5.74) is 0.179. The predicted molar refractivity (Wildman–Crippen MR) is 65.8 cm³/mol. The molecule has 0 radical (unpaired) electrons. The Morgan fingerprint density at radius 2 is 2.00 bits per heavy atom. The minimum atomic E-state index is 0.179. The highest BCUT2D eigenvalue weighted by Gasteiger charge is 2.35. The quantitative estimate of drug-likeness (QED) is 0.694. The Morgan fingerprint density at radius 3 is 2.47 bits per heavy atom. The SMILES string of the molecule is C#CCC(NCC)C(C)(C)N1CCCC1. The first kappa shape index (κ1) is 12.5. The largest absolute Gasteiger partial charge is 0.312 e. The van der Waals surface area contributed by atoms with Crippen LogP contribution in [0, 0.1) is 12.3 Å². The van der Waals surface area contributed by atoms with E-state index in [2.05, 4.69) is 36.9 Å². The number of hydrogen-bond donors (Lipinski definition) is 1. The van der Waals surface area contributed by atoms with Crippen molar-refractivity contribution < 1.29 is 0 Å². The lowest BCUT2D eigenvalue weighted by molar-refractivity contribution is 0.109. The molecule has 1 saturated heterocycles. The minimum Gasteiger partial charge on any atom is -0.312 e. The molecule has 0 spiro atoms. The minimum absolute atomic E-state index is 0.179. The lowest BCUT2D eigenvalue weighted by Gasteiger charge is -2.42. The number of rotatable bonds is 5. The smallest absolute Gasteiger partial charge is 0.0356 e. The van der Waals surface area contributed by atoms with E-state index < -0.39 is 0 Å². The van der Waals surface area contributed by atoms with Crippen LogP contribution < -0.4 is 5.32 Å². The summed E-state index contributed by atoms with van der Waals surface area (Å²) < 4.78 is 0. The molecule has 0 aromatic carbocycles. The van der Waals surface area contributed by atoms with Gasteiger partial charge < -0.3 is 5.32 Å². The molecule has 1 aliphatic rings. The van der Waals surface area contributed by atoms with E-state index in [1.165, 1.54) is 25.9 Å². The average Bonchev–Trinajstić information content (AvgIpc) is 2.70. The Balaban J connectivity index is 2.65. The second-order valence-corrected chi connectivity index (χ2v) is 4.87. The second kappa shape index (κ2) is 5.53. The van der Waals surface area contributed by atoms with Crippen LogP contribution in [-0.2, 0) is 0 Å². The van der Waals surface area contributed by atoms with E-state index in [1.807, 2.05) is 0 Å². The van der Waals surface area contributed by atoms with E-state index in [9.17, 15) is 0 Å². The van der Waals surface area contributed by atoms with Crippen LogP contribution >= 0.6 is 0 Å². The van der Waals surface area contributed by atoms with Crippen molar-refractivity contribution in [1.29, 1.82) is 0 Å². The zero-order valence-corrected chi connectivity index (χ0v) is 10.3. The first-order valence-electron chi connectivity index (χ1n) is 6.04. The van der Waals surface area contributed by atoms with Crippen molar-refractivity contribution in [2.45, 2.75) is 51.6 Å². The number of likely N-dealkylation sites (N-methyl/N-ethyl adjacent to an activating group) is 1. The molecule has 15 heavy (non-hydrogen) atoms. The van der Waals surface area contributed by atoms with Crippen molar-refractivity contribution in [2.24, 2.45) is 0 Å². The summed E-state index contributed by atoms with van der Waals surface area (Å²) in [6.45, 7) is 10.2. The molecule has 1 atom stereocenters. The zero-order chi connectivity index (χ0) is 11.3. The summed E-state index contributed by atoms with van der Waals surface area (Å²) in [5, 5.41) is 3.52. The molecule has 0 aliphatic carbocycles. The third-order valence-corrected chi connectivity index (χ3v) is 3.55. The standard InChI is InChI=1S/C13H24N2/c1-5-9-12(14-6-2)13(3,4)15-10-7-8-11-15/h1,12,14H,6-11H2,2-4H3. The summed E-state index contributed by atoms with van der Waals surface area (Å²) in [4.78, 5) is 2.57. The molecule has 2 heteroatoms. The maximum atomic E-state index is 5.45. The Labute approximate surface area is 94.4 Å². The van der Waals surface area contributed by atoms with Crippen LogP contribution in [-0.4, -0.2) is 36.1 Å². The van der Waals surface area contributed by atoms with Crippen molar-refractivity contribution in [1.82, 2.24) is 10.2 Å². The van der Waals surface area contributed by atoms with Gasteiger partial charge in [0, 0.05) is 18.0 Å². The van der Waals surface area contributed by atoms with Gasteiger partial charge in [0.15, 0.2) is 0 Å². The van der Waals surface area contributed by atoms with Crippen LogP contribution in [0.15, 0.2) is 0 Å². The fourth-order valence-electron chi connectivity index (χ4n) is 2.45. The highest BCUT2D eigenvalue weighted by molar-refractivity contribution is 5.01. The number of nitrogens with one attached hydrogen (secondary N) is 1. The third-order valence-electron chi connectivity index (χ3n) is 3.55. The number of likely N-dealkylation sites (tertiary alicyclic amines) is 1. The Bertz CT molecular complexity index is 221. The Hall–Kier alpha value is -0.520. The van der Waals surface area contributed by atoms with Crippen LogP contribution in [0.2, 0.25) is 0 Å². The molecule has 86 valence electrons. The highest BCUT2D eigenvalue weighted by Crippen LogP contribution is 2.25. The summed E-state index contributed by atoms with van der Waals surface area (Å²) in [7, 11) is 0. The molecule has 0 amide bonds. The van der Waals surface area contributed by atoms with Gasteiger partial charge in [0.05, 0.1) is 0 Å². The van der Waals surface area contributed by atoms with Gasteiger partial charge in [-0.3, -0.25) is 4.90 Å². The van der Waals surface area contributed by atoms with Gasteiger partial charge in [0.1, 0.15) is 0 Å². The van der Waals surface area contributed by atoms with Gasteiger partial charge in [-0.05, 0) is 46.3 Å². The maximum Gasteiger partial charge on any atom is 0.0356 e. The normalized spacial score (nSPS) is 20.1. The van der Waals surface area contributed by atoms with Crippen molar-refractivity contribution in [3.8, 4) is 12.3 Å². The molecule has 0 bridgehead atoms. The van der Waals surface area contributed by atoms with Gasteiger partial charge in [0.2, 0.25) is 0 Å². The van der Waals surface area contributed by atoms with Gasteiger partial charge in [-0.2, -0.15) is 0 Å². The molecule has 0 aromatic rings. The monoisotopic (exact) mass is 208 g/mol.